The number of hydrogen-bond acceptors (Lipinski definition) is 5. The molecule has 1 aromatic heterocycles. The molecular formula is C11H11N3O4. The SMILES string of the molecule is COc1cc(C(=O)O)c(-n2nccn2)cc1OC. The maximum absolute atomic E-state index is 11.2. The van der Waals surface area contributed by atoms with Crippen LogP contribution in [0.5, 0.6) is 11.5 Å². The van der Waals surface area contributed by atoms with Gasteiger partial charge >= 0.3 is 5.97 Å². The molecule has 0 radical (unpaired) electrons. The summed E-state index contributed by atoms with van der Waals surface area (Å²) >= 11 is 0. The van der Waals surface area contributed by atoms with E-state index in [1.807, 2.05) is 0 Å². The normalized spacial score (nSPS) is 10.1. The number of aromatic nitrogens is 3. The Morgan fingerprint density at radius 1 is 1.17 bits per heavy atom. The zero-order valence-corrected chi connectivity index (χ0v) is 9.82. The number of carboxylic acid groups (broad SMARTS) is 1. The molecule has 0 fully saturated rings. The highest BCUT2D eigenvalue weighted by atomic mass is 16.5. The van der Waals surface area contributed by atoms with Gasteiger partial charge in [0.25, 0.3) is 0 Å². The van der Waals surface area contributed by atoms with Crippen molar-refractivity contribution in [3.63, 3.8) is 0 Å². The third-order valence-corrected chi connectivity index (χ3v) is 2.37. The molecule has 0 atom stereocenters. The Morgan fingerprint density at radius 2 is 1.72 bits per heavy atom. The van der Waals surface area contributed by atoms with E-state index in [2.05, 4.69) is 10.2 Å². The molecule has 18 heavy (non-hydrogen) atoms. The Kier molecular flexibility index (Phi) is 3.13. The van der Waals surface area contributed by atoms with E-state index in [-0.39, 0.29) is 5.56 Å². The number of benzene rings is 1. The molecule has 1 heterocycles. The first-order valence-electron chi connectivity index (χ1n) is 5.03. The Hall–Kier alpha value is -2.57. The van der Waals surface area contributed by atoms with Gasteiger partial charge in [-0.1, -0.05) is 0 Å². The second-order valence-electron chi connectivity index (χ2n) is 3.35. The fourth-order valence-corrected chi connectivity index (χ4v) is 1.55. The predicted octanol–water partition coefficient (Wildman–Crippen LogP) is 0.983. The van der Waals surface area contributed by atoms with Gasteiger partial charge in [0.05, 0.1) is 32.2 Å². The van der Waals surface area contributed by atoms with Crippen LogP contribution < -0.4 is 9.47 Å². The van der Waals surface area contributed by atoms with Crippen LogP contribution in [0.3, 0.4) is 0 Å². The molecule has 2 rings (SSSR count). The molecule has 0 saturated carbocycles. The van der Waals surface area contributed by atoms with Gasteiger partial charge in [0, 0.05) is 12.1 Å². The van der Waals surface area contributed by atoms with Crippen molar-refractivity contribution in [3.8, 4) is 17.2 Å². The lowest BCUT2D eigenvalue weighted by Crippen LogP contribution is -2.09. The first kappa shape index (κ1) is 11.9. The highest BCUT2D eigenvalue weighted by molar-refractivity contribution is 5.93. The van der Waals surface area contributed by atoms with E-state index < -0.39 is 5.97 Å². The zero-order chi connectivity index (χ0) is 13.1. The average Bonchev–Trinajstić information content (AvgIpc) is 2.90. The topological polar surface area (TPSA) is 86.5 Å². The van der Waals surface area contributed by atoms with Crippen LogP contribution in [0.25, 0.3) is 5.69 Å². The van der Waals surface area contributed by atoms with Gasteiger partial charge in [-0.3, -0.25) is 0 Å². The summed E-state index contributed by atoms with van der Waals surface area (Å²) in [5, 5.41) is 17.0. The number of ether oxygens (including phenoxy) is 2. The van der Waals surface area contributed by atoms with E-state index in [9.17, 15) is 9.90 Å². The highest BCUT2D eigenvalue weighted by Gasteiger charge is 2.18. The van der Waals surface area contributed by atoms with Gasteiger partial charge < -0.3 is 14.6 Å². The molecule has 7 heteroatoms. The monoisotopic (exact) mass is 249 g/mol. The molecule has 0 unspecified atom stereocenters. The summed E-state index contributed by atoms with van der Waals surface area (Å²) in [7, 11) is 2.91. The summed E-state index contributed by atoms with van der Waals surface area (Å²) in [6.07, 6.45) is 2.92. The molecule has 0 aliphatic carbocycles. The number of aromatic carboxylic acids is 1. The summed E-state index contributed by atoms with van der Waals surface area (Å²) in [6, 6.07) is 2.89. The molecule has 7 nitrogen and oxygen atoms in total. The smallest absolute Gasteiger partial charge is 0.338 e. The van der Waals surface area contributed by atoms with E-state index in [4.69, 9.17) is 9.47 Å². The number of methoxy groups -OCH3 is 2. The summed E-state index contributed by atoms with van der Waals surface area (Å²) < 4.78 is 10.2. The molecule has 94 valence electrons. The van der Waals surface area contributed by atoms with Gasteiger partial charge in [0.2, 0.25) is 0 Å². The summed E-state index contributed by atoms with van der Waals surface area (Å²) in [5.74, 6) is -0.344. The Bertz CT molecular complexity index is 566. The van der Waals surface area contributed by atoms with Crippen LogP contribution >= 0.6 is 0 Å². The Balaban J connectivity index is 2.66. The summed E-state index contributed by atoms with van der Waals surface area (Å²) in [5.41, 5.74) is 0.342. The largest absolute Gasteiger partial charge is 0.493 e. The Morgan fingerprint density at radius 3 is 2.22 bits per heavy atom. The number of rotatable bonds is 4. The minimum absolute atomic E-state index is 0.0313. The van der Waals surface area contributed by atoms with Crippen LogP contribution in [0.1, 0.15) is 10.4 Å². The summed E-state index contributed by atoms with van der Waals surface area (Å²) in [4.78, 5) is 12.4. The van der Waals surface area contributed by atoms with Gasteiger partial charge in [0.15, 0.2) is 11.5 Å². The minimum atomic E-state index is -1.09. The van der Waals surface area contributed by atoms with Crippen LogP contribution in [-0.2, 0) is 0 Å². The average molecular weight is 249 g/mol. The van der Waals surface area contributed by atoms with Gasteiger partial charge in [0.1, 0.15) is 5.69 Å². The Labute approximate surface area is 103 Å². The number of nitrogens with zero attached hydrogens (tertiary/aromatic N) is 3. The molecule has 1 N–H and O–H groups in total. The van der Waals surface area contributed by atoms with Gasteiger partial charge in [-0.2, -0.15) is 15.0 Å². The quantitative estimate of drug-likeness (QED) is 0.869. The molecule has 0 aliphatic heterocycles. The van der Waals surface area contributed by atoms with Crippen molar-refractivity contribution in [2.24, 2.45) is 0 Å². The van der Waals surface area contributed by atoms with Crippen molar-refractivity contribution < 1.29 is 19.4 Å². The van der Waals surface area contributed by atoms with E-state index in [1.54, 1.807) is 0 Å². The molecule has 1 aromatic carbocycles. The fraction of sp³-hybridized carbons (Fsp3) is 0.182. The molecule has 0 spiro atoms. The maximum atomic E-state index is 11.2. The van der Waals surface area contributed by atoms with Crippen molar-refractivity contribution in [1.29, 1.82) is 0 Å². The van der Waals surface area contributed by atoms with Crippen molar-refractivity contribution in [2.45, 2.75) is 0 Å². The first-order chi connectivity index (χ1) is 8.67. The van der Waals surface area contributed by atoms with Crippen LogP contribution in [0, 0.1) is 0 Å². The number of carboxylic acids is 1. The van der Waals surface area contributed by atoms with E-state index >= 15 is 0 Å². The maximum Gasteiger partial charge on any atom is 0.338 e. The van der Waals surface area contributed by atoms with Crippen LogP contribution in [0.15, 0.2) is 24.5 Å². The third kappa shape index (κ3) is 1.97. The van der Waals surface area contributed by atoms with Crippen LogP contribution in [-0.4, -0.2) is 40.3 Å². The second-order valence-corrected chi connectivity index (χ2v) is 3.35. The lowest BCUT2D eigenvalue weighted by Gasteiger charge is -2.11. The molecule has 2 aromatic rings. The standard InChI is InChI=1S/C11H11N3O4/c1-17-9-5-7(11(15)16)8(6-10(9)18-2)14-12-3-4-13-14/h3-6H,1-2H3,(H,15,16). The lowest BCUT2D eigenvalue weighted by molar-refractivity contribution is 0.0696. The van der Waals surface area contributed by atoms with Crippen LogP contribution in [0.4, 0.5) is 0 Å². The van der Waals surface area contributed by atoms with E-state index in [0.29, 0.717) is 17.2 Å². The molecule has 0 saturated heterocycles. The van der Waals surface area contributed by atoms with Gasteiger partial charge in [-0.15, -0.1) is 0 Å². The molecular weight excluding hydrogens is 238 g/mol. The van der Waals surface area contributed by atoms with E-state index in [0.717, 1.165) is 0 Å². The first-order valence-corrected chi connectivity index (χ1v) is 5.03. The predicted molar refractivity (Wildman–Crippen MR) is 61.4 cm³/mol. The van der Waals surface area contributed by atoms with Gasteiger partial charge in [-0.25, -0.2) is 4.79 Å². The fourth-order valence-electron chi connectivity index (χ4n) is 1.55. The van der Waals surface area contributed by atoms with E-state index in [1.165, 1.54) is 43.5 Å². The van der Waals surface area contributed by atoms with Crippen molar-refractivity contribution in [2.75, 3.05) is 14.2 Å². The zero-order valence-electron chi connectivity index (χ0n) is 9.82. The number of carbonyl (C=O) groups is 1. The van der Waals surface area contributed by atoms with Crippen LogP contribution in [0.2, 0.25) is 0 Å². The molecule has 0 aliphatic rings. The van der Waals surface area contributed by atoms with Crippen molar-refractivity contribution in [3.05, 3.63) is 30.1 Å². The highest BCUT2D eigenvalue weighted by Crippen LogP contribution is 2.31. The molecule has 0 amide bonds. The van der Waals surface area contributed by atoms with Crippen molar-refractivity contribution in [1.82, 2.24) is 15.0 Å². The second kappa shape index (κ2) is 4.74. The third-order valence-electron chi connectivity index (χ3n) is 2.37. The van der Waals surface area contributed by atoms with Gasteiger partial charge in [-0.05, 0) is 0 Å². The molecule has 0 bridgehead atoms. The number of hydrogen-bond donors (Lipinski definition) is 1. The lowest BCUT2D eigenvalue weighted by atomic mass is 10.1. The summed E-state index contributed by atoms with van der Waals surface area (Å²) in [6.45, 7) is 0. The minimum Gasteiger partial charge on any atom is -0.493 e. The van der Waals surface area contributed by atoms with Crippen molar-refractivity contribution >= 4 is 5.97 Å².